The number of hydrogen-bond acceptors (Lipinski definition) is 7. The molecule has 1 heterocycles. The molecule has 7 nitrogen and oxygen atoms in total. The number of piperidine rings is 1. The van der Waals surface area contributed by atoms with Crippen LogP contribution in [0.5, 0.6) is 0 Å². The molecule has 6 aliphatic rings. The molecule has 6 fully saturated rings. The molecule has 5 saturated carbocycles. The van der Waals surface area contributed by atoms with Gasteiger partial charge in [-0.3, -0.25) is 4.90 Å². The van der Waals surface area contributed by atoms with Crippen molar-refractivity contribution in [2.75, 3.05) is 27.3 Å². The van der Waals surface area contributed by atoms with Crippen molar-refractivity contribution in [3.8, 4) is 0 Å². The van der Waals surface area contributed by atoms with Crippen LogP contribution in [0.4, 0.5) is 0 Å². The van der Waals surface area contributed by atoms with Crippen LogP contribution < -0.4 is 0 Å². The van der Waals surface area contributed by atoms with E-state index in [1.165, 1.54) is 0 Å². The number of aliphatic hydroxyl groups is 4. The Morgan fingerprint density at radius 3 is 2.48 bits per heavy atom. The maximum atomic E-state index is 12.3. The molecular formula is C22H35NO6. The predicted molar refractivity (Wildman–Crippen MR) is 103 cm³/mol. The van der Waals surface area contributed by atoms with Gasteiger partial charge in [-0.05, 0) is 38.1 Å². The lowest BCUT2D eigenvalue weighted by molar-refractivity contribution is -0.336. The number of ether oxygens (including phenoxy) is 2. The van der Waals surface area contributed by atoms with E-state index in [-0.39, 0.29) is 35.8 Å². The number of hydrogen-bond donors (Lipinski definition) is 4. The minimum atomic E-state index is -1.42. The highest BCUT2D eigenvalue weighted by Gasteiger charge is 2.88. The molecule has 0 unspecified atom stereocenters. The fraction of sp³-hybridized carbons (Fsp3) is 1.00. The third-order valence-corrected chi connectivity index (χ3v) is 10.7. The zero-order valence-electron chi connectivity index (χ0n) is 17.6. The lowest BCUT2D eigenvalue weighted by Crippen LogP contribution is -2.82. The number of likely N-dealkylation sites (N-methyl/N-ethyl adjacent to an activating group) is 1. The molecule has 164 valence electrons. The van der Waals surface area contributed by atoms with Crippen LogP contribution in [0.15, 0.2) is 0 Å². The monoisotopic (exact) mass is 409 g/mol. The van der Waals surface area contributed by atoms with Gasteiger partial charge in [-0.1, -0.05) is 6.92 Å². The molecule has 7 bridgehead atoms. The number of methoxy groups -OCH3 is 2. The van der Waals surface area contributed by atoms with Crippen LogP contribution in [0.25, 0.3) is 0 Å². The molecular weight excluding hydrogens is 374 g/mol. The van der Waals surface area contributed by atoms with E-state index < -0.39 is 34.4 Å². The van der Waals surface area contributed by atoms with Gasteiger partial charge in [0.1, 0.15) is 11.2 Å². The van der Waals surface area contributed by atoms with Crippen molar-refractivity contribution in [1.82, 2.24) is 4.90 Å². The Balaban J connectivity index is 1.63. The van der Waals surface area contributed by atoms with E-state index in [2.05, 4.69) is 11.8 Å². The molecule has 29 heavy (non-hydrogen) atoms. The largest absolute Gasteiger partial charge is 0.392 e. The average Bonchev–Trinajstić information content (AvgIpc) is 3.13. The Labute approximate surface area is 172 Å². The fourth-order valence-corrected chi connectivity index (χ4v) is 9.99. The van der Waals surface area contributed by atoms with Gasteiger partial charge in [0, 0.05) is 56.4 Å². The van der Waals surface area contributed by atoms with Gasteiger partial charge in [-0.15, -0.1) is 0 Å². The van der Waals surface area contributed by atoms with E-state index in [1.54, 1.807) is 14.2 Å². The number of rotatable bonds is 3. The Bertz CT molecular complexity index is 736. The second-order valence-corrected chi connectivity index (χ2v) is 10.9. The summed E-state index contributed by atoms with van der Waals surface area (Å²) >= 11 is 0. The molecule has 7 heteroatoms. The van der Waals surface area contributed by atoms with Gasteiger partial charge in [0.2, 0.25) is 0 Å². The van der Waals surface area contributed by atoms with Crippen LogP contribution in [0, 0.1) is 29.1 Å². The molecule has 1 spiro atoms. The van der Waals surface area contributed by atoms with E-state index in [9.17, 15) is 20.4 Å². The summed E-state index contributed by atoms with van der Waals surface area (Å²) in [6.07, 6.45) is 1.52. The van der Waals surface area contributed by atoms with Gasteiger partial charge in [-0.2, -0.15) is 0 Å². The minimum Gasteiger partial charge on any atom is -0.392 e. The number of fused-ring (bicyclic) bond motifs is 2. The quantitative estimate of drug-likeness (QED) is 0.510. The topological polar surface area (TPSA) is 103 Å². The lowest BCUT2D eigenvalue weighted by atomic mass is 9.44. The van der Waals surface area contributed by atoms with Crippen LogP contribution in [-0.2, 0) is 9.47 Å². The first-order valence-corrected chi connectivity index (χ1v) is 11.4. The van der Waals surface area contributed by atoms with Crippen molar-refractivity contribution in [3.63, 3.8) is 0 Å². The number of nitrogens with zero attached hydrogens (tertiary/aromatic N) is 1. The summed E-state index contributed by atoms with van der Waals surface area (Å²) in [5.74, 6) is -0.658. The van der Waals surface area contributed by atoms with Gasteiger partial charge in [0.15, 0.2) is 0 Å². The van der Waals surface area contributed by atoms with Gasteiger partial charge in [-0.25, -0.2) is 0 Å². The van der Waals surface area contributed by atoms with E-state index in [0.29, 0.717) is 38.6 Å². The van der Waals surface area contributed by atoms with E-state index in [4.69, 9.17) is 9.47 Å². The number of aliphatic hydroxyl groups excluding tert-OH is 1. The molecule has 1 aliphatic heterocycles. The van der Waals surface area contributed by atoms with Crippen LogP contribution in [0.2, 0.25) is 0 Å². The van der Waals surface area contributed by atoms with Gasteiger partial charge in [0.05, 0.1) is 23.9 Å². The van der Waals surface area contributed by atoms with Crippen molar-refractivity contribution >= 4 is 0 Å². The van der Waals surface area contributed by atoms with E-state index >= 15 is 0 Å². The molecule has 0 radical (unpaired) electrons. The molecule has 0 aromatic heterocycles. The van der Waals surface area contributed by atoms with Crippen molar-refractivity contribution in [1.29, 1.82) is 0 Å². The van der Waals surface area contributed by atoms with E-state index in [0.717, 1.165) is 6.54 Å². The summed E-state index contributed by atoms with van der Waals surface area (Å²) in [6.45, 7) is 3.45. The first-order valence-electron chi connectivity index (χ1n) is 11.4. The van der Waals surface area contributed by atoms with Crippen molar-refractivity contribution in [2.24, 2.45) is 29.1 Å². The van der Waals surface area contributed by atoms with Crippen LogP contribution in [0.1, 0.15) is 39.0 Å². The average molecular weight is 410 g/mol. The minimum absolute atomic E-state index is 0.0213. The van der Waals surface area contributed by atoms with Crippen molar-refractivity contribution < 1.29 is 29.9 Å². The predicted octanol–water partition coefficient (Wildman–Crippen LogP) is -0.256. The van der Waals surface area contributed by atoms with Gasteiger partial charge >= 0.3 is 0 Å². The van der Waals surface area contributed by atoms with Crippen LogP contribution in [-0.4, -0.2) is 93.8 Å². The molecule has 4 N–H and O–H groups in total. The molecule has 6 rings (SSSR count). The summed E-state index contributed by atoms with van der Waals surface area (Å²) < 4.78 is 11.7. The second-order valence-electron chi connectivity index (χ2n) is 10.9. The zero-order valence-corrected chi connectivity index (χ0v) is 17.6. The molecule has 0 aromatic carbocycles. The highest BCUT2D eigenvalue weighted by Crippen LogP contribution is 2.78. The highest BCUT2D eigenvalue weighted by molar-refractivity contribution is 5.38. The van der Waals surface area contributed by atoms with Crippen LogP contribution >= 0.6 is 0 Å². The maximum Gasteiger partial charge on any atom is 0.124 e. The smallest absolute Gasteiger partial charge is 0.124 e. The summed E-state index contributed by atoms with van der Waals surface area (Å²) in [5, 5.41) is 47.9. The first-order chi connectivity index (χ1) is 13.7. The Kier molecular flexibility index (Phi) is 3.71. The fourth-order valence-electron chi connectivity index (χ4n) is 9.99. The summed E-state index contributed by atoms with van der Waals surface area (Å²) in [7, 11) is 3.28. The summed E-state index contributed by atoms with van der Waals surface area (Å²) in [4.78, 5) is 2.30. The number of likely N-dealkylation sites (tertiary alicyclic amines) is 1. The Hall–Kier alpha value is -0.280. The van der Waals surface area contributed by atoms with E-state index in [1.807, 2.05) is 0 Å². The second kappa shape index (κ2) is 5.55. The Morgan fingerprint density at radius 1 is 1.07 bits per heavy atom. The standard InChI is InChI=1S/C22H35NO6/c1-4-23-10-19(25)6-5-16(24)21-14(19)8-12(17(21)23)20(26)9-13(28-2)11-7-15(21)22(20,27)18(11)29-3/h11-18,24-27H,4-10H2,1-3H3/t11-,12+,13+,14-,15+,16+,17-,18+,19-,20+,21+,22+/m1/s1. The third-order valence-electron chi connectivity index (χ3n) is 10.7. The van der Waals surface area contributed by atoms with Crippen LogP contribution in [0.3, 0.4) is 0 Å². The molecule has 0 aromatic rings. The normalized spacial score (nSPS) is 65.1. The molecule has 0 amide bonds. The maximum absolute atomic E-state index is 12.3. The van der Waals surface area contributed by atoms with Gasteiger partial charge in [0.25, 0.3) is 0 Å². The van der Waals surface area contributed by atoms with Crippen molar-refractivity contribution in [2.45, 2.75) is 80.2 Å². The molecule has 5 aliphatic carbocycles. The Morgan fingerprint density at radius 2 is 1.83 bits per heavy atom. The first kappa shape index (κ1) is 19.4. The molecule has 12 atom stereocenters. The summed E-state index contributed by atoms with van der Waals surface area (Å²) in [6, 6.07) is -0.0322. The molecule has 1 saturated heterocycles. The zero-order chi connectivity index (χ0) is 20.6. The highest BCUT2D eigenvalue weighted by atomic mass is 16.5. The SMILES string of the molecule is CCN1C[C@]2(O)CC[C@H](O)[C@@]34[C@@H]2C[C@@H]([C@@H]13)[C@@]1(O)C[C@H](OC)[C@H]2C[C@@H]4[C@]1(O)[C@H]2OC. The summed E-state index contributed by atoms with van der Waals surface area (Å²) in [5.41, 5.74) is -4.25. The lowest BCUT2D eigenvalue weighted by Gasteiger charge is -2.70. The van der Waals surface area contributed by atoms with Gasteiger partial charge < -0.3 is 29.9 Å². The third kappa shape index (κ3) is 1.74. The van der Waals surface area contributed by atoms with Crippen molar-refractivity contribution in [3.05, 3.63) is 0 Å². The number of β-amino-alcohol motifs (C(OH)–C–C–N with tert-alkyl or cyclic N) is 1.